The molecular weight excluding hydrogens is 256 g/mol. The lowest BCUT2D eigenvalue weighted by Gasteiger charge is -2.15. The van der Waals surface area contributed by atoms with E-state index in [1.54, 1.807) is 20.1 Å². The summed E-state index contributed by atoms with van der Waals surface area (Å²) < 4.78 is 5.18. The highest BCUT2D eigenvalue weighted by Gasteiger charge is 2.11. The van der Waals surface area contributed by atoms with E-state index >= 15 is 0 Å². The fourth-order valence-electron chi connectivity index (χ4n) is 1.84. The van der Waals surface area contributed by atoms with E-state index in [1.165, 1.54) is 0 Å². The van der Waals surface area contributed by atoms with Crippen LogP contribution in [0.15, 0.2) is 24.3 Å². The number of benzene rings is 1. The Labute approximate surface area is 120 Å². The highest BCUT2D eigenvalue weighted by Crippen LogP contribution is 2.23. The Kier molecular flexibility index (Phi) is 7.04. The van der Waals surface area contributed by atoms with Gasteiger partial charge in [-0.2, -0.15) is 0 Å². The van der Waals surface area contributed by atoms with Gasteiger partial charge in [0.25, 0.3) is 0 Å². The lowest BCUT2D eigenvalue weighted by molar-refractivity contribution is -0.116. The summed E-state index contributed by atoms with van der Waals surface area (Å²) in [5.41, 5.74) is 0.677. The van der Waals surface area contributed by atoms with E-state index in [0.717, 1.165) is 0 Å². The van der Waals surface area contributed by atoms with Gasteiger partial charge in [0.15, 0.2) is 0 Å². The second kappa shape index (κ2) is 8.55. The second-order valence-corrected chi connectivity index (χ2v) is 4.95. The number of aliphatic hydroxyl groups excluding tert-OH is 1. The Bertz CT molecular complexity index is 421. The number of para-hydroxylation sites is 2. The van der Waals surface area contributed by atoms with E-state index in [9.17, 15) is 4.79 Å². The van der Waals surface area contributed by atoms with Crippen molar-refractivity contribution >= 4 is 11.6 Å². The molecule has 1 aromatic carbocycles. The largest absolute Gasteiger partial charge is 0.495 e. The Morgan fingerprint density at radius 3 is 2.70 bits per heavy atom. The fraction of sp³-hybridized carbons (Fsp3) is 0.533. The maximum Gasteiger partial charge on any atom is 0.226 e. The lowest BCUT2D eigenvalue weighted by Crippen LogP contribution is -2.32. The van der Waals surface area contributed by atoms with E-state index in [0.29, 0.717) is 30.8 Å². The molecule has 0 heterocycles. The maximum absolute atomic E-state index is 11.9. The van der Waals surface area contributed by atoms with Gasteiger partial charge in [-0.3, -0.25) is 4.79 Å². The van der Waals surface area contributed by atoms with Gasteiger partial charge in [0.1, 0.15) is 5.75 Å². The van der Waals surface area contributed by atoms with Gasteiger partial charge in [0, 0.05) is 12.5 Å². The normalized spacial score (nSPS) is 13.6. The Balaban J connectivity index is 2.39. The number of hydrogen-bond acceptors (Lipinski definition) is 4. The predicted molar refractivity (Wildman–Crippen MR) is 80.0 cm³/mol. The summed E-state index contributed by atoms with van der Waals surface area (Å²) in [4.78, 5) is 11.9. The van der Waals surface area contributed by atoms with Crippen molar-refractivity contribution in [3.8, 4) is 5.75 Å². The number of nitrogens with one attached hydrogen (secondary N) is 2. The van der Waals surface area contributed by atoms with Crippen LogP contribution in [0.25, 0.3) is 0 Å². The third kappa shape index (κ3) is 6.04. The Hall–Kier alpha value is -1.59. The van der Waals surface area contributed by atoms with Crippen LogP contribution in [0.1, 0.15) is 26.7 Å². The highest BCUT2D eigenvalue weighted by molar-refractivity contribution is 5.92. The van der Waals surface area contributed by atoms with E-state index in [4.69, 9.17) is 9.84 Å². The molecule has 112 valence electrons. The van der Waals surface area contributed by atoms with E-state index in [-0.39, 0.29) is 18.1 Å². The minimum atomic E-state index is -0.322. The number of rotatable bonds is 8. The monoisotopic (exact) mass is 280 g/mol. The first-order chi connectivity index (χ1) is 9.52. The molecule has 1 amide bonds. The molecule has 20 heavy (non-hydrogen) atoms. The van der Waals surface area contributed by atoms with Crippen molar-refractivity contribution in [1.82, 2.24) is 5.32 Å². The first kappa shape index (κ1) is 16.5. The highest BCUT2D eigenvalue weighted by atomic mass is 16.5. The Morgan fingerprint density at radius 1 is 1.35 bits per heavy atom. The summed E-state index contributed by atoms with van der Waals surface area (Å²) >= 11 is 0. The van der Waals surface area contributed by atoms with Crippen molar-refractivity contribution in [3.63, 3.8) is 0 Å². The molecule has 1 aromatic rings. The average molecular weight is 280 g/mol. The number of amides is 1. The smallest absolute Gasteiger partial charge is 0.226 e. The number of ether oxygens (including phenoxy) is 1. The van der Waals surface area contributed by atoms with Gasteiger partial charge in [-0.15, -0.1) is 0 Å². The van der Waals surface area contributed by atoms with Gasteiger partial charge < -0.3 is 20.5 Å². The third-order valence-corrected chi connectivity index (χ3v) is 2.93. The number of carbonyl (C=O) groups excluding carboxylic acids is 1. The van der Waals surface area contributed by atoms with E-state index in [1.807, 2.05) is 25.1 Å². The summed E-state index contributed by atoms with van der Waals surface area (Å²) in [7, 11) is 1.57. The van der Waals surface area contributed by atoms with Crippen LogP contribution in [0.5, 0.6) is 5.75 Å². The molecule has 0 fully saturated rings. The van der Waals surface area contributed by atoms with Crippen LogP contribution in [-0.4, -0.2) is 36.8 Å². The molecule has 1 rings (SSSR count). The molecule has 2 unspecified atom stereocenters. The van der Waals surface area contributed by atoms with E-state index < -0.39 is 0 Å². The van der Waals surface area contributed by atoms with Crippen LogP contribution in [0.2, 0.25) is 0 Å². The van der Waals surface area contributed by atoms with Crippen molar-refractivity contribution in [2.75, 3.05) is 19.0 Å². The van der Waals surface area contributed by atoms with E-state index in [2.05, 4.69) is 10.6 Å². The predicted octanol–water partition coefficient (Wildman–Crippen LogP) is 1.77. The zero-order valence-electron chi connectivity index (χ0n) is 12.3. The molecule has 0 saturated heterocycles. The van der Waals surface area contributed by atoms with Crippen molar-refractivity contribution in [1.29, 1.82) is 0 Å². The average Bonchev–Trinajstić information content (AvgIpc) is 2.38. The molecule has 0 aliphatic carbocycles. The van der Waals surface area contributed by atoms with Crippen molar-refractivity contribution in [2.24, 2.45) is 0 Å². The molecule has 0 saturated carbocycles. The van der Waals surface area contributed by atoms with Crippen LogP contribution in [0.3, 0.4) is 0 Å². The van der Waals surface area contributed by atoms with Crippen LogP contribution < -0.4 is 15.4 Å². The zero-order chi connectivity index (χ0) is 15.0. The van der Waals surface area contributed by atoms with Crippen LogP contribution in [-0.2, 0) is 4.79 Å². The van der Waals surface area contributed by atoms with Gasteiger partial charge >= 0.3 is 0 Å². The fourth-order valence-corrected chi connectivity index (χ4v) is 1.84. The Morgan fingerprint density at radius 2 is 2.05 bits per heavy atom. The lowest BCUT2D eigenvalue weighted by atomic mass is 10.2. The number of aliphatic hydroxyl groups is 1. The number of carbonyl (C=O) groups is 1. The SMILES string of the molecule is COc1ccccc1NC(=O)CC(C)NCCC(C)O. The minimum absolute atomic E-state index is 0.0588. The summed E-state index contributed by atoms with van der Waals surface area (Å²) in [6, 6.07) is 7.38. The number of anilines is 1. The molecule has 5 heteroatoms. The molecule has 0 radical (unpaired) electrons. The minimum Gasteiger partial charge on any atom is -0.495 e. The first-order valence-electron chi connectivity index (χ1n) is 6.87. The summed E-state index contributed by atoms with van der Waals surface area (Å²) in [6.45, 7) is 4.39. The number of methoxy groups -OCH3 is 1. The van der Waals surface area contributed by atoms with Crippen LogP contribution in [0, 0.1) is 0 Å². The maximum atomic E-state index is 11.9. The second-order valence-electron chi connectivity index (χ2n) is 4.95. The van der Waals surface area contributed by atoms with Crippen molar-refractivity contribution in [3.05, 3.63) is 24.3 Å². The van der Waals surface area contributed by atoms with Gasteiger partial charge in [-0.25, -0.2) is 0 Å². The topological polar surface area (TPSA) is 70.6 Å². The number of hydrogen-bond donors (Lipinski definition) is 3. The molecule has 0 bridgehead atoms. The van der Waals surface area contributed by atoms with Crippen LogP contribution >= 0.6 is 0 Å². The molecule has 2 atom stereocenters. The van der Waals surface area contributed by atoms with Crippen molar-refractivity contribution in [2.45, 2.75) is 38.8 Å². The van der Waals surface area contributed by atoms with Gasteiger partial charge in [-0.05, 0) is 38.9 Å². The summed E-state index contributed by atoms with van der Waals surface area (Å²) in [5, 5.41) is 15.2. The zero-order valence-corrected chi connectivity index (χ0v) is 12.3. The van der Waals surface area contributed by atoms with Crippen molar-refractivity contribution < 1.29 is 14.6 Å². The molecule has 5 nitrogen and oxygen atoms in total. The van der Waals surface area contributed by atoms with Gasteiger partial charge in [-0.1, -0.05) is 12.1 Å². The summed E-state index contributed by atoms with van der Waals surface area (Å²) in [6.07, 6.45) is 0.730. The quantitative estimate of drug-likeness (QED) is 0.679. The molecular formula is C15H24N2O3. The molecule has 0 aliphatic rings. The first-order valence-corrected chi connectivity index (χ1v) is 6.87. The molecule has 3 N–H and O–H groups in total. The van der Waals surface area contributed by atoms with Gasteiger partial charge in [0.2, 0.25) is 5.91 Å². The summed E-state index contributed by atoms with van der Waals surface area (Å²) in [5.74, 6) is 0.585. The standard InChI is InChI=1S/C15H24N2O3/c1-11(16-9-8-12(2)18)10-15(19)17-13-6-4-5-7-14(13)20-3/h4-7,11-12,16,18H,8-10H2,1-3H3,(H,17,19). The third-order valence-electron chi connectivity index (χ3n) is 2.93. The molecule has 0 aromatic heterocycles. The van der Waals surface area contributed by atoms with Crippen LogP contribution in [0.4, 0.5) is 5.69 Å². The van der Waals surface area contributed by atoms with Gasteiger partial charge in [0.05, 0.1) is 18.9 Å². The molecule has 0 spiro atoms. The molecule has 0 aliphatic heterocycles.